The first-order chi connectivity index (χ1) is 15.1. The molecular weight excluding hydrogens is 424 g/mol. The number of rotatable bonds is 6. The zero-order valence-electron chi connectivity index (χ0n) is 17.5. The molecule has 0 bridgehead atoms. The SMILES string of the molecule is Cc1ccc(-c2csc(NC(=O)CCSc3nc4c(cc3C#N)CCCCC4)n2)cc1. The second kappa shape index (κ2) is 10.1. The molecule has 0 fully saturated rings. The lowest BCUT2D eigenvalue weighted by molar-refractivity contribution is -0.115. The highest BCUT2D eigenvalue weighted by molar-refractivity contribution is 7.99. The Hall–Kier alpha value is -2.69. The normalized spacial score (nSPS) is 13.2. The fourth-order valence-corrected chi connectivity index (χ4v) is 5.24. The lowest BCUT2D eigenvalue weighted by Gasteiger charge is -2.09. The minimum Gasteiger partial charge on any atom is -0.302 e. The number of hydrogen-bond donors (Lipinski definition) is 1. The van der Waals surface area contributed by atoms with Gasteiger partial charge in [-0.05, 0) is 44.2 Å². The highest BCUT2D eigenvalue weighted by Gasteiger charge is 2.15. The van der Waals surface area contributed by atoms with Crippen LogP contribution in [0.2, 0.25) is 0 Å². The summed E-state index contributed by atoms with van der Waals surface area (Å²) in [5.74, 6) is 0.494. The quantitative estimate of drug-likeness (QED) is 0.382. The molecule has 158 valence electrons. The predicted molar refractivity (Wildman–Crippen MR) is 126 cm³/mol. The summed E-state index contributed by atoms with van der Waals surface area (Å²) < 4.78 is 0. The van der Waals surface area contributed by atoms with Crippen molar-refractivity contribution in [3.63, 3.8) is 0 Å². The summed E-state index contributed by atoms with van der Waals surface area (Å²) in [5, 5.41) is 15.7. The van der Waals surface area contributed by atoms with Crippen molar-refractivity contribution in [1.82, 2.24) is 9.97 Å². The summed E-state index contributed by atoms with van der Waals surface area (Å²) in [4.78, 5) is 21.7. The van der Waals surface area contributed by atoms with E-state index >= 15 is 0 Å². The highest BCUT2D eigenvalue weighted by Crippen LogP contribution is 2.28. The Labute approximate surface area is 190 Å². The van der Waals surface area contributed by atoms with Gasteiger partial charge in [-0.25, -0.2) is 9.97 Å². The molecule has 1 aromatic carbocycles. The predicted octanol–water partition coefficient (Wildman–Crippen LogP) is 5.78. The van der Waals surface area contributed by atoms with E-state index in [9.17, 15) is 10.1 Å². The third-order valence-electron chi connectivity index (χ3n) is 5.30. The van der Waals surface area contributed by atoms with Crippen molar-refractivity contribution in [3.8, 4) is 17.3 Å². The van der Waals surface area contributed by atoms with Crippen LogP contribution in [0.1, 0.15) is 48.1 Å². The number of pyridine rings is 1. The third-order valence-corrected chi connectivity index (χ3v) is 7.05. The van der Waals surface area contributed by atoms with Gasteiger partial charge in [0.05, 0.1) is 11.3 Å². The molecule has 0 unspecified atom stereocenters. The molecule has 0 spiro atoms. The molecule has 5 nitrogen and oxygen atoms in total. The minimum absolute atomic E-state index is 0.0782. The number of anilines is 1. The Morgan fingerprint density at radius 3 is 2.81 bits per heavy atom. The Morgan fingerprint density at radius 1 is 1.19 bits per heavy atom. The topological polar surface area (TPSA) is 78.7 Å². The van der Waals surface area contributed by atoms with Gasteiger partial charge in [-0.15, -0.1) is 23.1 Å². The van der Waals surface area contributed by atoms with Gasteiger partial charge in [0, 0.05) is 28.8 Å². The zero-order valence-corrected chi connectivity index (χ0v) is 19.1. The van der Waals surface area contributed by atoms with Crippen LogP contribution in [0.3, 0.4) is 0 Å². The van der Waals surface area contributed by atoms with Crippen LogP contribution in [-0.2, 0) is 17.6 Å². The molecule has 31 heavy (non-hydrogen) atoms. The van der Waals surface area contributed by atoms with Crippen molar-refractivity contribution in [2.75, 3.05) is 11.1 Å². The summed E-state index contributed by atoms with van der Waals surface area (Å²) >= 11 is 2.91. The monoisotopic (exact) mass is 448 g/mol. The molecule has 0 radical (unpaired) electrons. The van der Waals surface area contributed by atoms with E-state index in [2.05, 4.69) is 35.4 Å². The first kappa shape index (κ1) is 21.5. The second-order valence-corrected chi connectivity index (χ2v) is 9.61. The lowest BCUT2D eigenvalue weighted by Crippen LogP contribution is -2.12. The number of aryl methyl sites for hydroxylation is 3. The molecule has 7 heteroatoms. The number of thioether (sulfide) groups is 1. The minimum atomic E-state index is -0.0782. The van der Waals surface area contributed by atoms with E-state index in [4.69, 9.17) is 4.98 Å². The summed E-state index contributed by atoms with van der Waals surface area (Å²) in [7, 11) is 0. The van der Waals surface area contributed by atoms with Crippen LogP contribution in [0, 0.1) is 18.3 Å². The van der Waals surface area contributed by atoms with Gasteiger partial charge >= 0.3 is 0 Å². The number of carbonyl (C=O) groups excluding carboxylic acids is 1. The molecule has 0 aliphatic heterocycles. The number of aromatic nitrogens is 2. The number of nitrogens with zero attached hydrogens (tertiary/aromatic N) is 3. The van der Waals surface area contributed by atoms with Gasteiger partial charge in [-0.3, -0.25) is 4.79 Å². The number of fused-ring (bicyclic) bond motifs is 1. The molecule has 1 aliphatic carbocycles. The number of amides is 1. The highest BCUT2D eigenvalue weighted by atomic mass is 32.2. The Bertz CT molecular complexity index is 1120. The average molecular weight is 449 g/mol. The van der Waals surface area contributed by atoms with Crippen LogP contribution >= 0.6 is 23.1 Å². The van der Waals surface area contributed by atoms with E-state index in [-0.39, 0.29) is 5.91 Å². The van der Waals surface area contributed by atoms with E-state index in [1.165, 1.54) is 40.6 Å². The van der Waals surface area contributed by atoms with Gasteiger partial charge in [0.1, 0.15) is 11.1 Å². The molecule has 3 aromatic rings. The van der Waals surface area contributed by atoms with Crippen LogP contribution in [0.25, 0.3) is 11.3 Å². The largest absolute Gasteiger partial charge is 0.302 e. The number of nitrogens with one attached hydrogen (secondary N) is 1. The van der Waals surface area contributed by atoms with Gasteiger partial charge in [0.15, 0.2) is 5.13 Å². The Morgan fingerprint density at radius 2 is 2.00 bits per heavy atom. The van der Waals surface area contributed by atoms with Crippen molar-refractivity contribution in [2.24, 2.45) is 0 Å². The summed E-state index contributed by atoms with van der Waals surface area (Å²) in [6, 6.07) is 12.4. The Kier molecular flexibility index (Phi) is 7.00. The van der Waals surface area contributed by atoms with Gasteiger partial charge in [0.2, 0.25) is 5.91 Å². The van der Waals surface area contributed by atoms with Gasteiger partial charge in [-0.1, -0.05) is 36.2 Å². The van der Waals surface area contributed by atoms with Crippen molar-refractivity contribution in [2.45, 2.75) is 50.5 Å². The molecule has 2 heterocycles. The molecule has 2 aromatic heterocycles. The first-order valence-electron chi connectivity index (χ1n) is 10.5. The molecule has 1 aliphatic rings. The van der Waals surface area contributed by atoms with Crippen LogP contribution in [-0.4, -0.2) is 21.6 Å². The molecular formula is C24H24N4OS2. The standard InChI is InChI=1S/C24H24N4OS2/c1-16-7-9-17(10-8-16)21-15-31-24(27-21)28-22(29)11-12-30-23-19(14-25)13-18-5-3-2-4-6-20(18)26-23/h7-10,13,15H,2-6,11-12H2,1H3,(H,27,28,29). The molecule has 1 amide bonds. The van der Waals surface area contributed by atoms with Gasteiger partial charge < -0.3 is 5.32 Å². The van der Waals surface area contributed by atoms with Gasteiger partial charge in [0.25, 0.3) is 0 Å². The number of carbonyl (C=O) groups is 1. The van der Waals surface area contributed by atoms with Crippen molar-refractivity contribution in [1.29, 1.82) is 5.26 Å². The van der Waals surface area contributed by atoms with E-state index < -0.39 is 0 Å². The second-order valence-electron chi connectivity index (χ2n) is 7.67. The maximum absolute atomic E-state index is 12.4. The first-order valence-corrected chi connectivity index (χ1v) is 12.4. The van der Waals surface area contributed by atoms with E-state index in [1.54, 1.807) is 0 Å². The van der Waals surface area contributed by atoms with E-state index in [0.717, 1.165) is 47.7 Å². The molecule has 0 saturated heterocycles. The van der Waals surface area contributed by atoms with E-state index in [1.807, 2.05) is 23.6 Å². The summed E-state index contributed by atoms with van der Waals surface area (Å²) in [6.07, 6.45) is 5.84. The maximum Gasteiger partial charge on any atom is 0.226 e. The Balaban J connectivity index is 1.33. The van der Waals surface area contributed by atoms with Crippen molar-refractivity contribution in [3.05, 3.63) is 58.1 Å². The van der Waals surface area contributed by atoms with Crippen LogP contribution < -0.4 is 5.32 Å². The third kappa shape index (κ3) is 5.52. The van der Waals surface area contributed by atoms with E-state index in [0.29, 0.717) is 22.9 Å². The fraction of sp³-hybridized carbons (Fsp3) is 0.333. The summed E-state index contributed by atoms with van der Waals surface area (Å²) in [5.41, 5.74) is 6.06. The van der Waals surface area contributed by atoms with Crippen molar-refractivity contribution < 1.29 is 4.79 Å². The van der Waals surface area contributed by atoms with Crippen LogP contribution in [0.5, 0.6) is 0 Å². The molecule has 1 N–H and O–H groups in total. The smallest absolute Gasteiger partial charge is 0.226 e. The number of hydrogen-bond acceptors (Lipinski definition) is 6. The fourth-order valence-electron chi connectivity index (χ4n) is 3.59. The van der Waals surface area contributed by atoms with Gasteiger partial charge in [-0.2, -0.15) is 5.26 Å². The van der Waals surface area contributed by atoms with Crippen LogP contribution in [0.15, 0.2) is 40.7 Å². The van der Waals surface area contributed by atoms with Crippen molar-refractivity contribution >= 4 is 34.1 Å². The zero-order chi connectivity index (χ0) is 21.6. The average Bonchev–Trinajstić information content (AvgIpc) is 3.10. The number of thiazole rings is 1. The molecule has 0 atom stereocenters. The lowest BCUT2D eigenvalue weighted by atomic mass is 10.1. The molecule has 4 rings (SSSR count). The summed E-state index contributed by atoms with van der Waals surface area (Å²) in [6.45, 7) is 2.05. The number of benzene rings is 1. The van der Waals surface area contributed by atoms with Crippen LogP contribution in [0.4, 0.5) is 5.13 Å². The maximum atomic E-state index is 12.4. The molecule has 0 saturated carbocycles. The number of nitriles is 1.